The predicted molar refractivity (Wildman–Crippen MR) is 62.8 cm³/mol. The second kappa shape index (κ2) is 3.48. The Morgan fingerprint density at radius 1 is 0.938 bits per heavy atom. The Hall–Kier alpha value is -0.0301. The third kappa shape index (κ3) is 1.92. The minimum absolute atomic E-state index is 0.341. The zero-order valence-corrected chi connectivity index (χ0v) is 10.7. The van der Waals surface area contributed by atoms with Gasteiger partial charge in [0.05, 0.1) is 11.2 Å². The quantitative estimate of drug-likeness (QED) is 0.630. The van der Waals surface area contributed by atoms with Gasteiger partial charge in [0.15, 0.2) is 0 Å². The van der Waals surface area contributed by atoms with E-state index in [-0.39, 0.29) is 11.2 Å². The van der Waals surface area contributed by atoms with Gasteiger partial charge >= 0.3 is 14.0 Å². The minimum atomic E-state index is -1.02. The highest BCUT2D eigenvalue weighted by Crippen LogP contribution is 2.44. The van der Waals surface area contributed by atoms with Gasteiger partial charge in [-0.05, 0) is 47.5 Å². The molecule has 0 aromatic heterocycles. The molecule has 0 amide bonds. The van der Waals surface area contributed by atoms with Crippen molar-refractivity contribution in [1.82, 2.24) is 0 Å². The molecule has 6 heteroatoms. The Labute approximate surface area is 97.9 Å². The molecule has 2 bridgehead atoms. The second-order valence-electron chi connectivity index (χ2n) is 6.11. The number of hydrogen-bond acceptors (Lipinski definition) is 4. The molecule has 90 valence electrons. The van der Waals surface area contributed by atoms with E-state index in [1.54, 1.807) is 0 Å². The van der Waals surface area contributed by atoms with E-state index < -0.39 is 19.6 Å². The van der Waals surface area contributed by atoms with Crippen LogP contribution in [0.4, 0.5) is 0 Å². The highest BCUT2D eigenvalue weighted by Gasteiger charge is 2.60. The maximum atomic E-state index is 9.91. The second-order valence-corrected chi connectivity index (χ2v) is 6.11. The fourth-order valence-corrected chi connectivity index (χ4v) is 2.29. The third-order valence-electron chi connectivity index (χ3n) is 3.94. The van der Waals surface area contributed by atoms with Gasteiger partial charge in [-0.15, -0.1) is 0 Å². The Kier molecular flexibility index (Phi) is 2.70. The fraction of sp³-hybridized carbons (Fsp3) is 1.00. The van der Waals surface area contributed by atoms with E-state index in [1.807, 2.05) is 34.6 Å². The van der Waals surface area contributed by atoms with Crippen LogP contribution < -0.4 is 0 Å². The molecule has 1 unspecified atom stereocenters. The van der Waals surface area contributed by atoms with E-state index >= 15 is 0 Å². The largest absolute Gasteiger partial charge is 0.488 e. The molecule has 2 aliphatic rings. The molecule has 2 fully saturated rings. The van der Waals surface area contributed by atoms with Crippen LogP contribution in [0.1, 0.15) is 47.5 Å². The highest BCUT2D eigenvalue weighted by molar-refractivity contribution is 7.10. The molecule has 1 N–H and O–H groups in total. The molecule has 2 heterocycles. The van der Waals surface area contributed by atoms with Crippen LogP contribution in [-0.2, 0) is 14.0 Å². The van der Waals surface area contributed by atoms with Gasteiger partial charge in [0, 0.05) is 5.60 Å². The van der Waals surface area contributed by atoms with Gasteiger partial charge in [0.25, 0.3) is 0 Å². The Balaban J connectivity index is 2.28. The van der Waals surface area contributed by atoms with Crippen molar-refractivity contribution in [3.05, 3.63) is 0 Å². The molecule has 0 radical (unpaired) electrons. The van der Waals surface area contributed by atoms with Gasteiger partial charge in [-0.1, -0.05) is 0 Å². The van der Waals surface area contributed by atoms with E-state index in [2.05, 4.69) is 0 Å². The minimum Gasteiger partial charge on any atom is -0.429 e. The topological polar surface area (TPSA) is 47.9 Å². The van der Waals surface area contributed by atoms with Crippen LogP contribution >= 0.6 is 0 Å². The first-order valence-corrected chi connectivity index (χ1v) is 5.87. The number of hydrogen-bond donors (Lipinski definition) is 1. The van der Waals surface area contributed by atoms with Gasteiger partial charge in [0.2, 0.25) is 0 Å². The average molecular weight is 226 g/mol. The van der Waals surface area contributed by atoms with Crippen LogP contribution in [-0.4, -0.2) is 35.8 Å². The summed E-state index contributed by atoms with van der Waals surface area (Å²) < 4.78 is 17.1. The SMILES string of the molecule is CC1(C)CCC2(C)OB(OC2(C)C)B(O)O1. The summed E-state index contributed by atoms with van der Waals surface area (Å²) in [6.45, 7) is 10.0. The first kappa shape index (κ1) is 12.4. The maximum Gasteiger partial charge on any atom is 0.488 e. The zero-order valence-electron chi connectivity index (χ0n) is 10.7. The summed E-state index contributed by atoms with van der Waals surface area (Å²) in [6.07, 6.45) is 1.69. The normalized spacial score (nSPS) is 37.1. The highest BCUT2D eigenvalue weighted by atomic mass is 16.7. The summed E-state index contributed by atoms with van der Waals surface area (Å²) in [5, 5.41) is 9.91. The van der Waals surface area contributed by atoms with Gasteiger partial charge in [-0.25, -0.2) is 0 Å². The molecular formula is C10H20B2O4. The van der Waals surface area contributed by atoms with Crippen molar-refractivity contribution in [2.45, 2.75) is 64.3 Å². The van der Waals surface area contributed by atoms with E-state index in [0.29, 0.717) is 0 Å². The monoisotopic (exact) mass is 226 g/mol. The van der Waals surface area contributed by atoms with Crippen LogP contribution in [0, 0.1) is 0 Å². The van der Waals surface area contributed by atoms with Crippen molar-refractivity contribution in [3.8, 4) is 0 Å². The molecule has 2 saturated heterocycles. The molecule has 1 atom stereocenters. The lowest BCUT2D eigenvalue weighted by atomic mass is 9.48. The van der Waals surface area contributed by atoms with Crippen molar-refractivity contribution in [3.63, 3.8) is 0 Å². The smallest absolute Gasteiger partial charge is 0.429 e. The van der Waals surface area contributed by atoms with Crippen LogP contribution in [0.15, 0.2) is 0 Å². The standard InChI is InChI=1S/C10H20B2O4/c1-8(2)6-7-10(5)9(3,4)15-12(16-10)11(13)14-8/h13H,6-7H2,1-5H3. The summed E-state index contributed by atoms with van der Waals surface area (Å²) in [6, 6.07) is 0. The van der Waals surface area contributed by atoms with Crippen molar-refractivity contribution < 1.29 is 19.0 Å². The lowest BCUT2D eigenvalue weighted by Gasteiger charge is -2.39. The number of fused-ring (bicyclic) bond motifs is 2. The third-order valence-corrected chi connectivity index (χ3v) is 3.94. The summed E-state index contributed by atoms with van der Waals surface area (Å²) in [7, 11) is -1.70. The van der Waals surface area contributed by atoms with Crippen LogP contribution in [0.5, 0.6) is 0 Å². The summed E-state index contributed by atoms with van der Waals surface area (Å²) in [5.41, 5.74) is -1.10. The first-order valence-electron chi connectivity index (χ1n) is 5.87. The van der Waals surface area contributed by atoms with E-state index in [1.165, 1.54) is 0 Å². The molecule has 0 spiro atoms. The molecule has 0 aromatic rings. The summed E-state index contributed by atoms with van der Waals surface area (Å²) >= 11 is 0. The number of rotatable bonds is 0. The molecule has 16 heavy (non-hydrogen) atoms. The van der Waals surface area contributed by atoms with Gasteiger partial charge < -0.3 is 19.0 Å². The lowest BCUT2D eigenvalue weighted by Crippen LogP contribution is -2.50. The lowest BCUT2D eigenvalue weighted by molar-refractivity contribution is -0.0345. The molecule has 0 aliphatic carbocycles. The predicted octanol–water partition coefficient (Wildman–Crippen LogP) is 1.21. The zero-order chi connectivity index (χ0) is 12.2. The van der Waals surface area contributed by atoms with Gasteiger partial charge in [-0.3, -0.25) is 0 Å². The first-order chi connectivity index (χ1) is 7.15. The van der Waals surface area contributed by atoms with Gasteiger partial charge in [-0.2, -0.15) is 0 Å². The molecular weight excluding hydrogens is 206 g/mol. The maximum absolute atomic E-state index is 9.91. The summed E-state index contributed by atoms with van der Waals surface area (Å²) in [4.78, 5) is 0. The van der Waals surface area contributed by atoms with E-state index in [0.717, 1.165) is 12.8 Å². The van der Waals surface area contributed by atoms with Crippen molar-refractivity contribution in [2.75, 3.05) is 0 Å². The molecule has 0 aromatic carbocycles. The van der Waals surface area contributed by atoms with Crippen molar-refractivity contribution in [2.24, 2.45) is 0 Å². The molecule has 2 rings (SSSR count). The van der Waals surface area contributed by atoms with Crippen LogP contribution in [0.25, 0.3) is 0 Å². The fourth-order valence-electron chi connectivity index (χ4n) is 2.29. The van der Waals surface area contributed by atoms with E-state index in [9.17, 15) is 5.02 Å². The van der Waals surface area contributed by atoms with Gasteiger partial charge in [0.1, 0.15) is 0 Å². The Morgan fingerprint density at radius 2 is 1.56 bits per heavy atom. The molecule has 4 nitrogen and oxygen atoms in total. The van der Waals surface area contributed by atoms with E-state index in [4.69, 9.17) is 14.0 Å². The van der Waals surface area contributed by atoms with Crippen molar-refractivity contribution in [1.29, 1.82) is 0 Å². The molecule has 0 saturated carbocycles. The summed E-state index contributed by atoms with van der Waals surface area (Å²) in [5.74, 6) is 0. The Morgan fingerprint density at radius 3 is 2.19 bits per heavy atom. The van der Waals surface area contributed by atoms with Crippen LogP contribution in [0.2, 0.25) is 0 Å². The average Bonchev–Trinajstić information content (AvgIpc) is 2.35. The Bertz CT molecular complexity index is 295. The van der Waals surface area contributed by atoms with Crippen LogP contribution in [0.3, 0.4) is 0 Å². The van der Waals surface area contributed by atoms with Crippen molar-refractivity contribution >= 4 is 14.0 Å². The molecule has 2 aliphatic heterocycles.